The van der Waals surface area contributed by atoms with Crippen molar-refractivity contribution in [2.24, 2.45) is 5.92 Å². The van der Waals surface area contributed by atoms with Gasteiger partial charge in [-0.3, -0.25) is 18.7 Å². The summed E-state index contributed by atoms with van der Waals surface area (Å²) in [6, 6.07) is 12.1. The van der Waals surface area contributed by atoms with Crippen molar-refractivity contribution in [1.29, 1.82) is 0 Å². The van der Waals surface area contributed by atoms with Gasteiger partial charge in [-0.1, -0.05) is 32.0 Å². The van der Waals surface area contributed by atoms with E-state index in [9.17, 15) is 4.79 Å². The lowest BCUT2D eigenvalue weighted by Gasteiger charge is -2.23. The van der Waals surface area contributed by atoms with Crippen molar-refractivity contribution in [2.75, 3.05) is 7.05 Å². The van der Waals surface area contributed by atoms with Gasteiger partial charge in [-0.05, 0) is 62.1 Å². The predicted octanol–water partition coefficient (Wildman–Crippen LogP) is 4.94. The second-order valence-electron chi connectivity index (χ2n) is 8.16. The largest absolute Gasteiger partial charge is 0.280 e. The van der Waals surface area contributed by atoms with Crippen LogP contribution >= 0.6 is 23.6 Å². The van der Waals surface area contributed by atoms with Crippen molar-refractivity contribution in [2.45, 2.75) is 46.4 Å². The zero-order valence-corrected chi connectivity index (χ0v) is 19.4. The van der Waals surface area contributed by atoms with E-state index < -0.39 is 0 Å². The van der Waals surface area contributed by atoms with Crippen LogP contribution in [0.2, 0.25) is 0 Å². The standard InChI is InChI=1S/C22H27N5OS2/c1-15(2)11-12-25-20(28)17-8-5-6-9-18(17)27-21(25)23-26(22(27)29)14-24(4)16(3)19-10-7-13-30-19/h5-10,13,15-16H,11-12,14H2,1-4H3. The van der Waals surface area contributed by atoms with Crippen LogP contribution in [-0.4, -0.2) is 30.7 Å². The first-order valence-corrected chi connectivity index (χ1v) is 11.5. The van der Waals surface area contributed by atoms with E-state index in [0.717, 1.165) is 11.9 Å². The highest BCUT2D eigenvalue weighted by Gasteiger charge is 2.18. The third-order valence-electron chi connectivity index (χ3n) is 5.59. The molecular formula is C22H27N5OS2. The monoisotopic (exact) mass is 441 g/mol. The summed E-state index contributed by atoms with van der Waals surface area (Å²) in [5.41, 5.74) is 0.801. The molecule has 0 amide bonds. The van der Waals surface area contributed by atoms with E-state index >= 15 is 0 Å². The van der Waals surface area contributed by atoms with Crippen molar-refractivity contribution < 1.29 is 0 Å². The first-order chi connectivity index (χ1) is 14.4. The van der Waals surface area contributed by atoms with Crippen molar-refractivity contribution >= 4 is 40.2 Å². The minimum atomic E-state index is -0.00814. The summed E-state index contributed by atoms with van der Waals surface area (Å²) in [7, 11) is 2.07. The summed E-state index contributed by atoms with van der Waals surface area (Å²) in [4.78, 5) is 16.7. The summed E-state index contributed by atoms with van der Waals surface area (Å²) in [5, 5.41) is 7.57. The lowest BCUT2D eigenvalue weighted by molar-refractivity contribution is 0.197. The van der Waals surface area contributed by atoms with Gasteiger partial charge >= 0.3 is 0 Å². The van der Waals surface area contributed by atoms with Gasteiger partial charge in [0.15, 0.2) is 0 Å². The molecule has 0 N–H and O–H groups in total. The number of aryl methyl sites for hydroxylation is 1. The fourth-order valence-electron chi connectivity index (χ4n) is 3.63. The van der Waals surface area contributed by atoms with Crippen molar-refractivity contribution in [3.63, 3.8) is 0 Å². The number of hydrogen-bond acceptors (Lipinski definition) is 5. The average molecular weight is 442 g/mol. The molecule has 0 aliphatic heterocycles. The second-order valence-corrected chi connectivity index (χ2v) is 9.51. The molecule has 0 saturated carbocycles. The molecule has 4 aromatic rings. The highest BCUT2D eigenvalue weighted by molar-refractivity contribution is 7.71. The quantitative estimate of drug-likeness (QED) is 0.381. The van der Waals surface area contributed by atoms with Crippen LogP contribution in [0.15, 0.2) is 46.6 Å². The van der Waals surface area contributed by atoms with Gasteiger partial charge in [0, 0.05) is 17.5 Å². The van der Waals surface area contributed by atoms with E-state index in [4.69, 9.17) is 17.3 Å². The van der Waals surface area contributed by atoms with Crippen LogP contribution in [0.3, 0.4) is 0 Å². The summed E-state index contributed by atoms with van der Waals surface area (Å²) < 4.78 is 6.14. The van der Waals surface area contributed by atoms with E-state index in [2.05, 4.69) is 50.2 Å². The molecule has 0 saturated heterocycles. The van der Waals surface area contributed by atoms with E-state index in [1.165, 1.54) is 4.88 Å². The van der Waals surface area contributed by atoms with Gasteiger partial charge in [0.1, 0.15) is 0 Å². The summed E-state index contributed by atoms with van der Waals surface area (Å²) in [6.45, 7) is 7.67. The minimum absolute atomic E-state index is 0.00814. The molecule has 0 bridgehead atoms. The normalized spacial score (nSPS) is 13.1. The molecule has 1 unspecified atom stereocenters. The smallest absolute Gasteiger partial charge is 0.262 e. The van der Waals surface area contributed by atoms with Gasteiger partial charge in [0.2, 0.25) is 10.5 Å². The first kappa shape index (κ1) is 21.0. The SMILES string of the molecule is CC(C)CCn1c(=O)c2ccccc2n2c(=S)n(CN(C)C(C)c3cccs3)nc12. The summed E-state index contributed by atoms with van der Waals surface area (Å²) in [5.74, 6) is 1.10. The number of para-hydroxylation sites is 1. The van der Waals surface area contributed by atoms with Crippen LogP contribution in [-0.2, 0) is 13.2 Å². The van der Waals surface area contributed by atoms with Gasteiger partial charge < -0.3 is 0 Å². The number of nitrogens with zero attached hydrogens (tertiary/aromatic N) is 5. The molecule has 3 heterocycles. The fourth-order valence-corrected chi connectivity index (χ4v) is 4.76. The van der Waals surface area contributed by atoms with E-state index in [0.29, 0.717) is 35.1 Å². The molecule has 0 spiro atoms. The second kappa shape index (κ2) is 8.45. The van der Waals surface area contributed by atoms with Crippen LogP contribution in [0.5, 0.6) is 0 Å². The predicted molar refractivity (Wildman–Crippen MR) is 126 cm³/mol. The van der Waals surface area contributed by atoms with Crippen LogP contribution < -0.4 is 5.56 Å². The molecular weight excluding hydrogens is 414 g/mol. The van der Waals surface area contributed by atoms with Gasteiger partial charge in [0.25, 0.3) is 5.56 Å². The first-order valence-electron chi connectivity index (χ1n) is 10.2. The number of fused-ring (bicyclic) bond motifs is 3. The third-order valence-corrected chi connectivity index (χ3v) is 7.02. The Morgan fingerprint density at radius 3 is 2.63 bits per heavy atom. The average Bonchev–Trinajstić information content (AvgIpc) is 3.36. The van der Waals surface area contributed by atoms with E-state index in [-0.39, 0.29) is 11.6 Å². The van der Waals surface area contributed by atoms with Gasteiger partial charge in [0.05, 0.1) is 17.6 Å². The van der Waals surface area contributed by atoms with Crippen molar-refractivity contribution in [3.8, 4) is 0 Å². The topological polar surface area (TPSA) is 47.5 Å². The Balaban J connectivity index is 1.84. The number of rotatable bonds is 7. The number of hydrogen-bond donors (Lipinski definition) is 0. The fraction of sp³-hybridized carbons (Fsp3) is 0.409. The Bertz CT molecular complexity index is 1280. The molecule has 1 aromatic carbocycles. The molecule has 6 nitrogen and oxygen atoms in total. The van der Waals surface area contributed by atoms with Gasteiger partial charge in [-0.25, -0.2) is 4.68 Å². The Morgan fingerprint density at radius 1 is 1.17 bits per heavy atom. The Hall–Kier alpha value is -2.29. The Kier molecular flexibility index (Phi) is 5.90. The van der Waals surface area contributed by atoms with Crippen molar-refractivity contribution in [1.82, 2.24) is 23.6 Å². The summed E-state index contributed by atoms with van der Waals surface area (Å²) in [6.07, 6.45) is 0.906. The van der Waals surface area contributed by atoms with Gasteiger partial charge in [-0.2, -0.15) is 0 Å². The Labute approximate surface area is 185 Å². The number of aromatic nitrogens is 4. The van der Waals surface area contributed by atoms with Crippen LogP contribution in [0.25, 0.3) is 16.7 Å². The molecule has 3 aromatic heterocycles. The molecule has 0 aliphatic rings. The third kappa shape index (κ3) is 3.75. The maximum absolute atomic E-state index is 13.2. The zero-order chi connectivity index (χ0) is 21.4. The maximum Gasteiger partial charge on any atom is 0.262 e. The maximum atomic E-state index is 13.2. The number of benzene rings is 1. The zero-order valence-electron chi connectivity index (χ0n) is 17.8. The Morgan fingerprint density at radius 2 is 1.93 bits per heavy atom. The minimum Gasteiger partial charge on any atom is -0.280 e. The molecule has 4 rings (SSSR count). The molecule has 30 heavy (non-hydrogen) atoms. The van der Waals surface area contributed by atoms with Crippen LogP contribution in [0.1, 0.15) is 38.1 Å². The highest BCUT2D eigenvalue weighted by Crippen LogP contribution is 2.24. The van der Waals surface area contributed by atoms with Crippen LogP contribution in [0.4, 0.5) is 0 Å². The lowest BCUT2D eigenvalue weighted by Crippen LogP contribution is -2.26. The lowest BCUT2D eigenvalue weighted by atomic mass is 10.1. The van der Waals surface area contributed by atoms with Gasteiger partial charge in [-0.15, -0.1) is 16.4 Å². The molecule has 158 valence electrons. The summed E-state index contributed by atoms with van der Waals surface area (Å²) >= 11 is 7.57. The number of thiophene rings is 1. The van der Waals surface area contributed by atoms with Crippen molar-refractivity contribution in [3.05, 3.63) is 61.8 Å². The molecule has 0 aliphatic carbocycles. The highest BCUT2D eigenvalue weighted by atomic mass is 32.1. The molecule has 0 fully saturated rings. The van der Waals surface area contributed by atoms with E-state index in [1.807, 2.05) is 33.3 Å². The van der Waals surface area contributed by atoms with Crippen LogP contribution in [0, 0.1) is 10.7 Å². The molecule has 0 radical (unpaired) electrons. The molecule has 8 heteroatoms. The molecule has 1 atom stereocenters. The van der Waals surface area contributed by atoms with E-state index in [1.54, 1.807) is 15.9 Å².